The van der Waals surface area contributed by atoms with Crippen LogP contribution in [0.15, 0.2) is 57.8 Å². The Morgan fingerprint density at radius 3 is 2.48 bits per heavy atom. The molecule has 0 bridgehead atoms. The molecule has 3 aromatic rings. The molecule has 5 heteroatoms. The van der Waals surface area contributed by atoms with Crippen LogP contribution in [-0.2, 0) is 0 Å². The Morgan fingerprint density at radius 1 is 1.13 bits per heavy atom. The van der Waals surface area contributed by atoms with Gasteiger partial charge in [-0.05, 0) is 44.2 Å². The Hall–Kier alpha value is -2.27. The zero-order chi connectivity index (χ0) is 16.6. The predicted octanol–water partition coefficient (Wildman–Crippen LogP) is 4.54. The number of aromatic hydroxyl groups is 1. The van der Waals surface area contributed by atoms with Gasteiger partial charge >= 0.3 is 0 Å². The van der Waals surface area contributed by atoms with Gasteiger partial charge in [0, 0.05) is 21.6 Å². The first-order valence-corrected chi connectivity index (χ1v) is 8.17. The van der Waals surface area contributed by atoms with Crippen molar-refractivity contribution >= 4 is 38.2 Å². The number of rotatable bonds is 3. The highest BCUT2D eigenvalue weighted by atomic mass is 79.9. The third-order valence-electron chi connectivity index (χ3n) is 3.72. The Balaban J connectivity index is 2.31. The second kappa shape index (κ2) is 6.08. The van der Waals surface area contributed by atoms with E-state index in [1.807, 2.05) is 55.1 Å². The lowest BCUT2D eigenvalue weighted by Crippen LogP contribution is -2.30. The van der Waals surface area contributed by atoms with Crippen LogP contribution < -0.4 is 10.5 Å². The molecule has 1 heterocycles. The van der Waals surface area contributed by atoms with E-state index in [0.717, 1.165) is 10.2 Å². The SMILES string of the molecule is CC(C)N(c1ccccc1)c1c(O)c2cc(Br)ccc2[nH]c1=O. The molecule has 118 valence electrons. The number of benzene rings is 2. The number of aromatic nitrogens is 1. The number of H-pyrrole nitrogens is 1. The van der Waals surface area contributed by atoms with Crippen molar-refractivity contribution in [1.82, 2.24) is 4.98 Å². The van der Waals surface area contributed by atoms with Crippen molar-refractivity contribution < 1.29 is 5.11 Å². The molecule has 2 aromatic carbocycles. The summed E-state index contributed by atoms with van der Waals surface area (Å²) in [6.07, 6.45) is 0. The number of pyridine rings is 1. The number of hydrogen-bond donors (Lipinski definition) is 2. The predicted molar refractivity (Wildman–Crippen MR) is 97.7 cm³/mol. The molecule has 0 radical (unpaired) electrons. The number of nitrogens with zero attached hydrogens (tertiary/aromatic N) is 1. The fourth-order valence-corrected chi connectivity index (χ4v) is 3.10. The van der Waals surface area contributed by atoms with Crippen molar-refractivity contribution in [2.24, 2.45) is 0 Å². The first kappa shape index (κ1) is 15.6. The van der Waals surface area contributed by atoms with E-state index in [1.165, 1.54) is 0 Å². The molecule has 0 atom stereocenters. The number of aromatic amines is 1. The Morgan fingerprint density at radius 2 is 1.83 bits per heavy atom. The van der Waals surface area contributed by atoms with Crippen LogP contribution in [0.5, 0.6) is 5.75 Å². The van der Waals surface area contributed by atoms with Crippen molar-refractivity contribution in [3.05, 3.63) is 63.4 Å². The van der Waals surface area contributed by atoms with Crippen molar-refractivity contribution in [2.45, 2.75) is 19.9 Å². The molecule has 0 aliphatic rings. The van der Waals surface area contributed by atoms with E-state index in [-0.39, 0.29) is 23.0 Å². The highest BCUT2D eigenvalue weighted by Crippen LogP contribution is 2.36. The lowest BCUT2D eigenvalue weighted by atomic mass is 10.1. The minimum Gasteiger partial charge on any atom is -0.505 e. The lowest BCUT2D eigenvalue weighted by Gasteiger charge is -2.29. The first-order chi connectivity index (χ1) is 11.0. The van der Waals surface area contributed by atoms with Gasteiger partial charge in [0.15, 0.2) is 11.4 Å². The van der Waals surface area contributed by atoms with E-state index >= 15 is 0 Å². The molecule has 2 N–H and O–H groups in total. The molecule has 0 saturated heterocycles. The molecule has 3 rings (SSSR count). The molecule has 1 aromatic heterocycles. The molecule has 0 aliphatic heterocycles. The van der Waals surface area contributed by atoms with Gasteiger partial charge in [0.1, 0.15) is 0 Å². The highest BCUT2D eigenvalue weighted by Gasteiger charge is 2.22. The van der Waals surface area contributed by atoms with Gasteiger partial charge in [-0.15, -0.1) is 0 Å². The van der Waals surface area contributed by atoms with Crippen LogP contribution in [0.4, 0.5) is 11.4 Å². The molecular weight excluding hydrogens is 356 g/mol. The van der Waals surface area contributed by atoms with Crippen LogP contribution in [0, 0.1) is 0 Å². The zero-order valence-electron chi connectivity index (χ0n) is 12.9. The summed E-state index contributed by atoms with van der Waals surface area (Å²) >= 11 is 3.40. The number of fused-ring (bicyclic) bond motifs is 1. The molecule has 0 saturated carbocycles. The largest absolute Gasteiger partial charge is 0.505 e. The molecule has 23 heavy (non-hydrogen) atoms. The average Bonchev–Trinajstić information content (AvgIpc) is 2.52. The molecule has 0 fully saturated rings. The second-order valence-corrected chi connectivity index (χ2v) is 6.56. The topological polar surface area (TPSA) is 56.3 Å². The van der Waals surface area contributed by atoms with Crippen LogP contribution >= 0.6 is 15.9 Å². The summed E-state index contributed by atoms with van der Waals surface area (Å²) in [7, 11) is 0. The van der Waals surface area contributed by atoms with E-state index in [1.54, 1.807) is 12.1 Å². The maximum Gasteiger partial charge on any atom is 0.276 e. The van der Waals surface area contributed by atoms with Crippen molar-refractivity contribution in [3.63, 3.8) is 0 Å². The smallest absolute Gasteiger partial charge is 0.276 e. The minimum atomic E-state index is -0.310. The van der Waals surface area contributed by atoms with Crippen LogP contribution in [0.3, 0.4) is 0 Å². The Kier molecular flexibility index (Phi) is 4.13. The van der Waals surface area contributed by atoms with Gasteiger partial charge in [0.05, 0.1) is 5.52 Å². The van der Waals surface area contributed by atoms with Crippen LogP contribution in [0.1, 0.15) is 13.8 Å². The summed E-state index contributed by atoms with van der Waals surface area (Å²) in [6, 6.07) is 15.0. The first-order valence-electron chi connectivity index (χ1n) is 7.38. The van der Waals surface area contributed by atoms with E-state index in [0.29, 0.717) is 10.9 Å². The van der Waals surface area contributed by atoms with Crippen molar-refractivity contribution in [3.8, 4) is 5.75 Å². The lowest BCUT2D eigenvalue weighted by molar-refractivity contribution is 0.479. The number of halogens is 1. The van der Waals surface area contributed by atoms with Gasteiger partial charge in [-0.25, -0.2) is 0 Å². The number of anilines is 2. The van der Waals surface area contributed by atoms with Gasteiger partial charge in [0.25, 0.3) is 5.56 Å². The maximum absolute atomic E-state index is 12.6. The van der Waals surface area contributed by atoms with Gasteiger partial charge < -0.3 is 15.0 Å². The van der Waals surface area contributed by atoms with E-state index in [9.17, 15) is 9.90 Å². The third-order valence-corrected chi connectivity index (χ3v) is 4.21. The fourth-order valence-electron chi connectivity index (χ4n) is 2.74. The normalized spacial score (nSPS) is 11.1. The summed E-state index contributed by atoms with van der Waals surface area (Å²) in [6.45, 7) is 3.97. The Bertz CT molecular complexity index is 904. The average molecular weight is 373 g/mol. The van der Waals surface area contributed by atoms with Crippen molar-refractivity contribution in [2.75, 3.05) is 4.90 Å². The van der Waals surface area contributed by atoms with Gasteiger partial charge in [-0.1, -0.05) is 34.1 Å². The minimum absolute atomic E-state index is 0.00834. The quantitative estimate of drug-likeness (QED) is 0.709. The van der Waals surface area contributed by atoms with E-state index in [4.69, 9.17) is 0 Å². The number of nitrogens with one attached hydrogen (secondary N) is 1. The second-order valence-electron chi connectivity index (χ2n) is 5.64. The van der Waals surface area contributed by atoms with Gasteiger partial charge in [-0.3, -0.25) is 4.79 Å². The maximum atomic E-state index is 12.6. The summed E-state index contributed by atoms with van der Waals surface area (Å²) in [5.74, 6) is -0.0115. The number of para-hydroxylation sites is 1. The van der Waals surface area contributed by atoms with E-state index in [2.05, 4.69) is 20.9 Å². The highest BCUT2D eigenvalue weighted by molar-refractivity contribution is 9.10. The van der Waals surface area contributed by atoms with Gasteiger partial charge in [-0.2, -0.15) is 0 Å². The van der Waals surface area contributed by atoms with Crippen molar-refractivity contribution in [1.29, 1.82) is 0 Å². The third kappa shape index (κ3) is 2.84. The molecule has 0 amide bonds. The fraction of sp³-hybridized carbons (Fsp3) is 0.167. The monoisotopic (exact) mass is 372 g/mol. The zero-order valence-corrected chi connectivity index (χ0v) is 14.5. The molecule has 0 spiro atoms. The molecule has 4 nitrogen and oxygen atoms in total. The standard InChI is InChI=1S/C18H17BrN2O2/c1-11(2)21(13-6-4-3-5-7-13)16-17(22)14-10-12(19)8-9-15(14)20-18(16)23/h3-11H,1-2H3,(H2,20,22,23). The summed E-state index contributed by atoms with van der Waals surface area (Å²) in [5.41, 5.74) is 1.42. The Labute approximate surface area is 142 Å². The van der Waals surface area contributed by atoms with E-state index < -0.39 is 0 Å². The summed E-state index contributed by atoms with van der Waals surface area (Å²) in [5, 5.41) is 11.4. The molecular formula is C18H17BrN2O2. The van der Waals surface area contributed by atoms with Gasteiger partial charge in [0.2, 0.25) is 0 Å². The van der Waals surface area contributed by atoms with Crippen LogP contribution in [0.2, 0.25) is 0 Å². The summed E-state index contributed by atoms with van der Waals surface area (Å²) < 4.78 is 0.842. The van der Waals surface area contributed by atoms with Crippen LogP contribution in [-0.4, -0.2) is 16.1 Å². The molecule has 0 aliphatic carbocycles. The number of hydrogen-bond acceptors (Lipinski definition) is 3. The molecule has 0 unspecified atom stereocenters. The van der Waals surface area contributed by atoms with Crippen LogP contribution in [0.25, 0.3) is 10.9 Å². The summed E-state index contributed by atoms with van der Waals surface area (Å²) in [4.78, 5) is 17.3.